The second-order valence-electron chi connectivity index (χ2n) is 4.30. The molecule has 2 rings (SSSR count). The van der Waals surface area contributed by atoms with Gasteiger partial charge in [0.15, 0.2) is 0 Å². The first-order valence-electron chi connectivity index (χ1n) is 5.83. The molecule has 1 N–H and O–H groups in total. The van der Waals surface area contributed by atoms with Crippen molar-refractivity contribution < 1.29 is 22.6 Å². The largest absolute Gasteiger partial charge is 0.573 e. The van der Waals surface area contributed by atoms with E-state index >= 15 is 0 Å². The molecule has 0 amide bonds. The fraction of sp³-hybridized carbons (Fsp3) is 0.500. The first kappa shape index (κ1) is 14.5. The molecule has 1 aromatic rings. The Hall–Kier alpha value is -0.950. The molecule has 0 spiro atoms. The number of alkyl halides is 3. The van der Waals surface area contributed by atoms with E-state index in [1.54, 1.807) is 0 Å². The van der Waals surface area contributed by atoms with Crippen LogP contribution >= 0.6 is 15.9 Å². The van der Waals surface area contributed by atoms with Gasteiger partial charge in [0.25, 0.3) is 0 Å². The van der Waals surface area contributed by atoms with Crippen molar-refractivity contribution in [3.05, 3.63) is 22.7 Å². The highest BCUT2D eigenvalue weighted by atomic mass is 79.9. The molecule has 0 aliphatic carbocycles. The molecule has 3 nitrogen and oxygen atoms in total. The van der Waals surface area contributed by atoms with E-state index in [1.165, 1.54) is 18.2 Å². The van der Waals surface area contributed by atoms with Gasteiger partial charge in [-0.05, 0) is 59.6 Å². The average Bonchev–Trinajstić information content (AvgIpc) is 2.24. The zero-order chi connectivity index (χ0) is 13.9. The van der Waals surface area contributed by atoms with Gasteiger partial charge in [0.2, 0.25) is 0 Å². The first-order chi connectivity index (χ1) is 8.94. The molecular weight excluding hydrogens is 327 g/mol. The summed E-state index contributed by atoms with van der Waals surface area (Å²) in [5, 5.41) is 3.16. The maximum Gasteiger partial charge on any atom is 0.573 e. The predicted molar refractivity (Wildman–Crippen MR) is 67.3 cm³/mol. The summed E-state index contributed by atoms with van der Waals surface area (Å²) in [6, 6.07) is 4.17. The third-order valence-electron chi connectivity index (χ3n) is 2.79. The number of nitrogens with one attached hydrogen (secondary N) is 1. The second kappa shape index (κ2) is 6.00. The highest BCUT2D eigenvalue weighted by molar-refractivity contribution is 9.10. The van der Waals surface area contributed by atoms with Gasteiger partial charge in [0.05, 0.1) is 11.1 Å². The standard InChI is InChI=1S/C12H13BrF3NO2/c13-10-5-9(18-4-3-8-6-17-7-8)1-2-11(10)19-12(14,15)16/h1-2,5,8,17H,3-4,6-7H2. The van der Waals surface area contributed by atoms with Crippen molar-refractivity contribution in [2.24, 2.45) is 5.92 Å². The van der Waals surface area contributed by atoms with Crippen LogP contribution < -0.4 is 14.8 Å². The van der Waals surface area contributed by atoms with Gasteiger partial charge in [-0.2, -0.15) is 0 Å². The fourth-order valence-electron chi connectivity index (χ4n) is 1.67. The molecule has 0 aromatic heterocycles. The lowest BCUT2D eigenvalue weighted by Gasteiger charge is -2.26. The van der Waals surface area contributed by atoms with Crippen LogP contribution in [0, 0.1) is 5.92 Å². The number of ether oxygens (including phenoxy) is 2. The maximum atomic E-state index is 12.1. The Morgan fingerprint density at radius 3 is 2.58 bits per heavy atom. The Kier molecular flexibility index (Phi) is 4.57. The van der Waals surface area contributed by atoms with E-state index in [0.717, 1.165) is 19.5 Å². The SMILES string of the molecule is FC(F)(F)Oc1ccc(OCCC2CNC2)cc1Br. The Morgan fingerprint density at radius 2 is 2.05 bits per heavy atom. The molecule has 0 unspecified atom stereocenters. The maximum absolute atomic E-state index is 12.1. The van der Waals surface area contributed by atoms with Crippen LogP contribution in [0.4, 0.5) is 13.2 Å². The highest BCUT2D eigenvalue weighted by Crippen LogP contribution is 2.33. The van der Waals surface area contributed by atoms with Crippen molar-refractivity contribution in [1.29, 1.82) is 0 Å². The lowest BCUT2D eigenvalue weighted by Crippen LogP contribution is -2.42. The average molecular weight is 340 g/mol. The van der Waals surface area contributed by atoms with Gasteiger partial charge in [0.1, 0.15) is 11.5 Å². The van der Waals surface area contributed by atoms with E-state index in [2.05, 4.69) is 26.0 Å². The molecule has 19 heavy (non-hydrogen) atoms. The highest BCUT2D eigenvalue weighted by Gasteiger charge is 2.32. The third-order valence-corrected chi connectivity index (χ3v) is 3.41. The molecule has 1 heterocycles. The van der Waals surface area contributed by atoms with Gasteiger partial charge in [0, 0.05) is 0 Å². The Labute approximate surface area is 117 Å². The Balaban J connectivity index is 1.86. The van der Waals surface area contributed by atoms with Crippen LogP contribution in [-0.2, 0) is 0 Å². The number of hydrogen-bond acceptors (Lipinski definition) is 3. The number of hydrogen-bond donors (Lipinski definition) is 1. The summed E-state index contributed by atoms with van der Waals surface area (Å²) in [7, 11) is 0. The molecule has 1 aliphatic rings. The minimum Gasteiger partial charge on any atom is -0.494 e. The third kappa shape index (κ3) is 4.58. The Bertz CT molecular complexity index is 435. The summed E-state index contributed by atoms with van der Waals surface area (Å²) >= 11 is 3.03. The molecule has 7 heteroatoms. The zero-order valence-electron chi connectivity index (χ0n) is 9.97. The molecule has 1 saturated heterocycles. The molecule has 1 aliphatic heterocycles. The van der Waals surface area contributed by atoms with Gasteiger partial charge in [-0.25, -0.2) is 0 Å². The van der Waals surface area contributed by atoms with E-state index < -0.39 is 6.36 Å². The van der Waals surface area contributed by atoms with Gasteiger partial charge in [-0.15, -0.1) is 13.2 Å². The monoisotopic (exact) mass is 339 g/mol. The molecule has 0 radical (unpaired) electrons. The number of benzene rings is 1. The molecule has 0 bridgehead atoms. The summed E-state index contributed by atoms with van der Waals surface area (Å²) in [5.74, 6) is 0.882. The van der Waals surface area contributed by atoms with E-state index in [9.17, 15) is 13.2 Å². The van der Waals surface area contributed by atoms with E-state index in [1.807, 2.05) is 0 Å². The van der Waals surface area contributed by atoms with Crippen LogP contribution in [0.1, 0.15) is 6.42 Å². The van der Waals surface area contributed by atoms with Gasteiger partial charge in [-0.1, -0.05) is 0 Å². The second-order valence-corrected chi connectivity index (χ2v) is 5.16. The van der Waals surface area contributed by atoms with Crippen molar-refractivity contribution in [2.45, 2.75) is 12.8 Å². The quantitative estimate of drug-likeness (QED) is 0.892. The lowest BCUT2D eigenvalue weighted by atomic mass is 10.0. The summed E-state index contributed by atoms with van der Waals surface area (Å²) in [6.45, 7) is 2.56. The van der Waals surface area contributed by atoms with E-state index in [4.69, 9.17) is 4.74 Å². The fourth-order valence-corrected chi connectivity index (χ4v) is 2.11. The van der Waals surface area contributed by atoms with Crippen molar-refractivity contribution in [1.82, 2.24) is 5.32 Å². The van der Waals surface area contributed by atoms with Crippen LogP contribution in [0.3, 0.4) is 0 Å². The number of halogens is 4. The van der Waals surface area contributed by atoms with Crippen LogP contribution in [-0.4, -0.2) is 26.1 Å². The van der Waals surface area contributed by atoms with Crippen LogP contribution in [0.2, 0.25) is 0 Å². The molecule has 106 valence electrons. The van der Waals surface area contributed by atoms with Crippen molar-refractivity contribution in [2.75, 3.05) is 19.7 Å². The first-order valence-corrected chi connectivity index (χ1v) is 6.62. The lowest BCUT2D eigenvalue weighted by molar-refractivity contribution is -0.274. The topological polar surface area (TPSA) is 30.5 Å². The summed E-state index contributed by atoms with van der Waals surface area (Å²) in [5.41, 5.74) is 0. The normalized spacial score (nSPS) is 16.0. The summed E-state index contributed by atoms with van der Waals surface area (Å²) in [6.07, 6.45) is -3.76. The molecule has 0 saturated carbocycles. The molecular formula is C12H13BrF3NO2. The number of rotatable bonds is 5. The van der Waals surface area contributed by atoms with Gasteiger partial charge >= 0.3 is 6.36 Å². The van der Waals surface area contributed by atoms with Gasteiger partial charge < -0.3 is 14.8 Å². The minimum absolute atomic E-state index is 0.215. The minimum atomic E-state index is -4.69. The van der Waals surface area contributed by atoms with Crippen LogP contribution in [0.25, 0.3) is 0 Å². The van der Waals surface area contributed by atoms with Gasteiger partial charge in [-0.3, -0.25) is 0 Å². The van der Waals surface area contributed by atoms with Crippen molar-refractivity contribution in [3.8, 4) is 11.5 Å². The van der Waals surface area contributed by atoms with Crippen molar-refractivity contribution in [3.63, 3.8) is 0 Å². The Morgan fingerprint density at radius 1 is 1.32 bits per heavy atom. The smallest absolute Gasteiger partial charge is 0.494 e. The summed E-state index contributed by atoms with van der Waals surface area (Å²) in [4.78, 5) is 0. The molecule has 1 fully saturated rings. The van der Waals surface area contributed by atoms with Crippen LogP contribution in [0.5, 0.6) is 11.5 Å². The molecule has 1 aromatic carbocycles. The van der Waals surface area contributed by atoms with E-state index in [-0.39, 0.29) is 10.2 Å². The van der Waals surface area contributed by atoms with E-state index in [0.29, 0.717) is 18.3 Å². The van der Waals surface area contributed by atoms with Crippen molar-refractivity contribution >= 4 is 15.9 Å². The zero-order valence-corrected chi connectivity index (χ0v) is 11.6. The molecule has 0 atom stereocenters. The predicted octanol–water partition coefficient (Wildman–Crippen LogP) is 3.34. The van der Waals surface area contributed by atoms with Crippen LogP contribution in [0.15, 0.2) is 22.7 Å². The summed E-state index contributed by atoms with van der Waals surface area (Å²) < 4.78 is 45.8.